The monoisotopic (exact) mass is 263 g/mol. The summed E-state index contributed by atoms with van der Waals surface area (Å²) in [6.45, 7) is 0. The molecule has 1 aromatic carbocycles. The molecule has 0 radical (unpaired) electrons. The van der Waals surface area contributed by atoms with E-state index in [1.165, 1.54) is 12.1 Å². The lowest BCUT2D eigenvalue weighted by atomic mass is 10.2. The second-order valence-electron chi connectivity index (χ2n) is 3.88. The van der Waals surface area contributed by atoms with Crippen molar-refractivity contribution < 1.29 is 4.39 Å². The summed E-state index contributed by atoms with van der Waals surface area (Å²) in [4.78, 5) is 0. The molecule has 0 aliphatic carbocycles. The Labute approximate surface area is 109 Å². The van der Waals surface area contributed by atoms with Gasteiger partial charge in [0.15, 0.2) is 6.04 Å². The van der Waals surface area contributed by atoms with Gasteiger partial charge in [-0.3, -0.25) is 0 Å². The highest BCUT2D eigenvalue weighted by Gasteiger charge is 2.13. The van der Waals surface area contributed by atoms with Crippen molar-refractivity contribution in [1.29, 1.82) is 5.26 Å². The summed E-state index contributed by atoms with van der Waals surface area (Å²) in [5.41, 5.74) is 1.44. The van der Waals surface area contributed by atoms with E-state index in [1.807, 2.05) is 29.9 Å². The average molecular weight is 264 g/mol. The van der Waals surface area contributed by atoms with E-state index in [-0.39, 0.29) is 5.02 Å². The molecular formula is C13H11ClFN3. The molecule has 1 aromatic heterocycles. The molecule has 0 saturated heterocycles. The average Bonchev–Trinajstić information content (AvgIpc) is 2.77. The van der Waals surface area contributed by atoms with E-state index in [2.05, 4.69) is 11.4 Å². The molecule has 0 aliphatic rings. The van der Waals surface area contributed by atoms with Crippen molar-refractivity contribution in [3.63, 3.8) is 0 Å². The third kappa shape index (κ3) is 2.47. The molecule has 2 aromatic rings. The van der Waals surface area contributed by atoms with Gasteiger partial charge < -0.3 is 9.88 Å². The molecular weight excluding hydrogens is 253 g/mol. The smallest absolute Gasteiger partial charge is 0.155 e. The summed E-state index contributed by atoms with van der Waals surface area (Å²) < 4.78 is 14.9. The van der Waals surface area contributed by atoms with Crippen molar-refractivity contribution in [1.82, 2.24) is 4.57 Å². The number of hydrogen-bond donors (Lipinski definition) is 1. The van der Waals surface area contributed by atoms with Crippen molar-refractivity contribution in [2.75, 3.05) is 5.32 Å². The maximum absolute atomic E-state index is 13.0. The molecule has 1 heterocycles. The number of rotatable bonds is 3. The number of anilines is 1. The van der Waals surface area contributed by atoms with Gasteiger partial charge in [0.1, 0.15) is 5.82 Å². The highest BCUT2D eigenvalue weighted by atomic mass is 35.5. The van der Waals surface area contributed by atoms with Crippen LogP contribution in [-0.4, -0.2) is 4.57 Å². The maximum atomic E-state index is 13.0. The second-order valence-corrected chi connectivity index (χ2v) is 4.29. The van der Waals surface area contributed by atoms with E-state index in [9.17, 15) is 9.65 Å². The van der Waals surface area contributed by atoms with Gasteiger partial charge in [0.25, 0.3) is 0 Å². The number of benzene rings is 1. The zero-order valence-corrected chi connectivity index (χ0v) is 10.4. The number of aryl methyl sites for hydroxylation is 1. The molecule has 0 aliphatic heterocycles. The van der Waals surface area contributed by atoms with Crippen LogP contribution in [0.2, 0.25) is 5.02 Å². The number of nitrogens with one attached hydrogen (secondary N) is 1. The van der Waals surface area contributed by atoms with Crippen molar-refractivity contribution in [3.8, 4) is 6.07 Å². The molecule has 1 atom stereocenters. The number of nitrogens with zero attached hydrogens (tertiary/aromatic N) is 2. The zero-order chi connectivity index (χ0) is 13.1. The molecule has 1 N–H and O–H groups in total. The largest absolute Gasteiger partial charge is 0.365 e. The third-order valence-corrected chi connectivity index (χ3v) is 2.93. The Kier molecular flexibility index (Phi) is 3.54. The summed E-state index contributed by atoms with van der Waals surface area (Å²) in [6.07, 6.45) is 1.86. The summed E-state index contributed by atoms with van der Waals surface area (Å²) in [7, 11) is 1.86. The molecule has 1 unspecified atom stereocenters. The second kappa shape index (κ2) is 5.11. The van der Waals surface area contributed by atoms with Crippen LogP contribution >= 0.6 is 11.6 Å². The van der Waals surface area contributed by atoms with Crippen LogP contribution < -0.4 is 5.32 Å². The lowest BCUT2D eigenvalue weighted by molar-refractivity contribution is 0.628. The van der Waals surface area contributed by atoms with E-state index in [0.29, 0.717) is 5.69 Å². The molecule has 0 fully saturated rings. The fraction of sp³-hybridized carbons (Fsp3) is 0.154. The minimum absolute atomic E-state index is 0.0311. The third-order valence-electron chi connectivity index (χ3n) is 2.64. The highest BCUT2D eigenvalue weighted by molar-refractivity contribution is 6.31. The van der Waals surface area contributed by atoms with Crippen molar-refractivity contribution in [2.24, 2.45) is 7.05 Å². The van der Waals surface area contributed by atoms with Crippen molar-refractivity contribution in [2.45, 2.75) is 6.04 Å². The van der Waals surface area contributed by atoms with Crippen LogP contribution in [-0.2, 0) is 7.05 Å². The molecule has 92 valence electrons. The fourth-order valence-corrected chi connectivity index (χ4v) is 1.88. The quantitative estimate of drug-likeness (QED) is 0.921. The normalized spacial score (nSPS) is 11.9. The van der Waals surface area contributed by atoms with Crippen molar-refractivity contribution in [3.05, 3.63) is 53.1 Å². The maximum Gasteiger partial charge on any atom is 0.155 e. The molecule has 18 heavy (non-hydrogen) atoms. The van der Waals surface area contributed by atoms with Gasteiger partial charge in [0, 0.05) is 18.9 Å². The van der Waals surface area contributed by atoms with Crippen LogP contribution in [0, 0.1) is 17.1 Å². The number of aromatic nitrogens is 1. The highest BCUT2D eigenvalue weighted by Crippen LogP contribution is 2.23. The predicted octanol–water partition coefficient (Wildman–Crippen LogP) is 3.49. The van der Waals surface area contributed by atoms with Gasteiger partial charge >= 0.3 is 0 Å². The van der Waals surface area contributed by atoms with Gasteiger partial charge in [-0.25, -0.2) is 4.39 Å². The first kappa shape index (κ1) is 12.5. The Hall–Kier alpha value is -1.99. The fourth-order valence-electron chi connectivity index (χ4n) is 1.70. The number of hydrogen-bond acceptors (Lipinski definition) is 2. The molecule has 5 heteroatoms. The Morgan fingerprint density at radius 1 is 1.44 bits per heavy atom. The molecule has 0 bridgehead atoms. The number of nitriles is 1. The lowest BCUT2D eigenvalue weighted by Gasteiger charge is -2.14. The van der Waals surface area contributed by atoms with E-state index < -0.39 is 11.9 Å². The predicted molar refractivity (Wildman–Crippen MR) is 68.8 cm³/mol. The lowest BCUT2D eigenvalue weighted by Crippen LogP contribution is -2.12. The SMILES string of the molecule is Cn1cccc1C(C#N)Nc1ccc(F)c(Cl)c1. The molecule has 0 saturated carbocycles. The summed E-state index contributed by atoms with van der Waals surface area (Å²) in [6, 6.07) is 9.65. The van der Waals surface area contributed by atoms with Gasteiger partial charge in [-0.1, -0.05) is 11.6 Å². The van der Waals surface area contributed by atoms with Crippen molar-refractivity contribution >= 4 is 17.3 Å². The molecule has 3 nitrogen and oxygen atoms in total. The molecule has 2 rings (SSSR count). The van der Waals surface area contributed by atoms with Gasteiger partial charge in [-0.05, 0) is 30.3 Å². The van der Waals surface area contributed by atoms with E-state index in [1.54, 1.807) is 6.07 Å². The summed E-state index contributed by atoms with van der Waals surface area (Å²) in [5.74, 6) is -0.477. The standard InChI is InChI=1S/C13H11ClFN3/c1-18-6-2-3-13(18)12(8-16)17-9-4-5-11(15)10(14)7-9/h2-7,12,17H,1H3. The van der Waals surface area contributed by atoms with E-state index in [0.717, 1.165) is 5.69 Å². The van der Waals surface area contributed by atoms with Crippen LogP contribution in [0.5, 0.6) is 0 Å². The van der Waals surface area contributed by atoms with Crippen LogP contribution in [0.3, 0.4) is 0 Å². The van der Waals surface area contributed by atoms with E-state index >= 15 is 0 Å². The zero-order valence-electron chi connectivity index (χ0n) is 9.69. The minimum atomic E-state index is -0.508. The van der Waals surface area contributed by atoms with Crippen LogP contribution in [0.1, 0.15) is 11.7 Å². The Bertz CT molecular complexity index is 601. The Morgan fingerprint density at radius 2 is 2.22 bits per heavy atom. The first-order valence-electron chi connectivity index (χ1n) is 5.34. The Balaban J connectivity index is 2.24. The van der Waals surface area contributed by atoms with E-state index in [4.69, 9.17) is 11.6 Å². The topological polar surface area (TPSA) is 40.8 Å². The molecule has 0 spiro atoms. The number of halogens is 2. The Morgan fingerprint density at radius 3 is 2.78 bits per heavy atom. The van der Waals surface area contributed by atoms with Gasteiger partial charge in [0.2, 0.25) is 0 Å². The first-order chi connectivity index (χ1) is 8.61. The van der Waals surface area contributed by atoms with Crippen LogP contribution in [0.25, 0.3) is 0 Å². The van der Waals surface area contributed by atoms with Crippen LogP contribution in [0.15, 0.2) is 36.5 Å². The van der Waals surface area contributed by atoms with Gasteiger partial charge in [-0.15, -0.1) is 0 Å². The van der Waals surface area contributed by atoms with Crippen LogP contribution in [0.4, 0.5) is 10.1 Å². The van der Waals surface area contributed by atoms with Gasteiger partial charge in [0.05, 0.1) is 16.8 Å². The minimum Gasteiger partial charge on any atom is -0.365 e. The molecule has 0 amide bonds. The first-order valence-corrected chi connectivity index (χ1v) is 5.72. The summed E-state index contributed by atoms with van der Waals surface area (Å²) in [5, 5.41) is 12.2. The summed E-state index contributed by atoms with van der Waals surface area (Å²) >= 11 is 5.69. The van der Waals surface area contributed by atoms with Gasteiger partial charge in [-0.2, -0.15) is 5.26 Å².